The van der Waals surface area contributed by atoms with Crippen molar-refractivity contribution in [2.45, 2.75) is 45.1 Å². The summed E-state index contributed by atoms with van der Waals surface area (Å²) in [5, 5.41) is 6.76. The van der Waals surface area contributed by atoms with Gasteiger partial charge in [0.2, 0.25) is 0 Å². The zero-order valence-electron chi connectivity index (χ0n) is 12.8. The van der Waals surface area contributed by atoms with Crippen LogP contribution in [0.3, 0.4) is 0 Å². The van der Waals surface area contributed by atoms with Gasteiger partial charge >= 0.3 is 6.09 Å². The van der Waals surface area contributed by atoms with Crippen molar-refractivity contribution in [2.24, 2.45) is 0 Å². The molecule has 0 radical (unpaired) electrons. The topological polar surface area (TPSA) is 50.4 Å². The van der Waals surface area contributed by atoms with Crippen molar-refractivity contribution >= 4 is 23.4 Å². The van der Waals surface area contributed by atoms with Crippen molar-refractivity contribution in [3.8, 4) is 0 Å². The zero-order chi connectivity index (χ0) is 15.5. The van der Waals surface area contributed by atoms with Gasteiger partial charge in [-0.1, -0.05) is 17.7 Å². The predicted molar refractivity (Wildman–Crippen MR) is 86.2 cm³/mol. The minimum atomic E-state index is -0.511. The van der Waals surface area contributed by atoms with Crippen LogP contribution in [0.2, 0.25) is 5.02 Å². The molecule has 1 aliphatic heterocycles. The number of carbonyl (C=O) groups is 1. The summed E-state index contributed by atoms with van der Waals surface area (Å²) in [6, 6.07) is 5.68. The number of hydrogen-bond donors (Lipinski definition) is 2. The first kappa shape index (κ1) is 16.1. The van der Waals surface area contributed by atoms with E-state index in [1.165, 1.54) is 0 Å². The van der Waals surface area contributed by atoms with Crippen LogP contribution >= 0.6 is 11.6 Å². The summed E-state index contributed by atoms with van der Waals surface area (Å²) in [4.78, 5) is 11.7. The highest BCUT2D eigenvalue weighted by atomic mass is 35.5. The molecule has 2 N–H and O–H groups in total. The first-order chi connectivity index (χ1) is 9.85. The van der Waals surface area contributed by atoms with Crippen LogP contribution in [-0.2, 0) is 4.74 Å². The highest BCUT2D eigenvalue weighted by Crippen LogP contribution is 2.32. The number of amides is 1. The predicted octanol–water partition coefficient (Wildman–Crippen LogP) is 4.15. The molecular formula is C16H23ClN2O2. The third-order valence-electron chi connectivity index (χ3n) is 3.42. The largest absolute Gasteiger partial charge is 0.444 e. The third kappa shape index (κ3) is 4.90. The quantitative estimate of drug-likeness (QED) is 0.862. The van der Waals surface area contributed by atoms with Gasteiger partial charge in [-0.25, -0.2) is 4.79 Å². The summed E-state index contributed by atoms with van der Waals surface area (Å²) >= 11 is 6.37. The van der Waals surface area contributed by atoms with Crippen molar-refractivity contribution in [3.63, 3.8) is 0 Å². The molecule has 0 spiro atoms. The van der Waals surface area contributed by atoms with Crippen molar-refractivity contribution in [1.82, 2.24) is 5.32 Å². The fourth-order valence-electron chi connectivity index (χ4n) is 2.49. The monoisotopic (exact) mass is 310 g/mol. The molecule has 5 heteroatoms. The normalized spacial score (nSPS) is 16.6. The van der Waals surface area contributed by atoms with E-state index in [-0.39, 0.29) is 0 Å². The lowest BCUT2D eigenvalue weighted by atomic mass is 9.90. The molecule has 0 atom stereocenters. The molecule has 4 nitrogen and oxygen atoms in total. The first-order valence-corrected chi connectivity index (χ1v) is 7.73. The summed E-state index contributed by atoms with van der Waals surface area (Å²) in [6.45, 7) is 7.55. The van der Waals surface area contributed by atoms with E-state index in [0.29, 0.717) is 16.6 Å². The van der Waals surface area contributed by atoms with Gasteiger partial charge in [-0.2, -0.15) is 0 Å². The van der Waals surface area contributed by atoms with E-state index in [2.05, 4.69) is 10.6 Å². The molecule has 0 bridgehead atoms. The lowest BCUT2D eigenvalue weighted by Gasteiger charge is -2.24. The second-order valence-corrected chi connectivity index (χ2v) is 6.79. The minimum absolute atomic E-state index is 0.465. The number of nitrogens with one attached hydrogen (secondary N) is 2. The number of ether oxygens (including phenoxy) is 1. The van der Waals surface area contributed by atoms with Gasteiger partial charge in [-0.3, -0.25) is 5.32 Å². The molecular weight excluding hydrogens is 288 g/mol. The van der Waals surface area contributed by atoms with Crippen molar-refractivity contribution in [2.75, 3.05) is 18.4 Å². The number of hydrogen-bond acceptors (Lipinski definition) is 3. The molecule has 1 saturated heterocycles. The van der Waals surface area contributed by atoms with Crippen LogP contribution in [0, 0.1) is 0 Å². The Morgan fingerprint density at radius 2 is 2.00 bits per heavy atom. The molecule has 21 heavy (non-hydrogen) atoms. The van der Waals surface area contributed by atoms with Crippen LogP contribution in [0.5, 0.6) is 0 Å². The Labute approximate surface area is 131 Å². The summed E-state index contributed by atoms with van der Waals surface area (Å²) in [5.74, 6) is 0.495. The van der Waals surface area contributed by atoms with Gasteiger partial charge in [0.25, 0.3) is 0 Å². The number of piperidine rings is 1. The average Bonchev–Trinajstić information content (AvgIpc) is 2.37. The molecule has 2 rings (SSSR count). The van der Waals surface area contributed by atoms with Crippen LogP contribution in [0.4, 0.5) is 10.5 Å². The summed E-state index contributed by atoms with van der Waals surface area (Å²) in [6.07, 6.45) is 1.73. The number of benzene rings is 1. The maximum atomic E-state index is 11.7. The Hall–Kier alpha value is -1.26. The van der Waals surface area contributed by atoms with Crippen LogP contribution in [0.25, 0.3) is 0 Å². The SMILES string of the molecule is CC(C)(C)OC(=O)Nc1ccc(C2CCNCC2)c(Cl)c1. The summed E-state index contributed by atoms with van der Waals surface area (Å²) in [7, 11) is 0. The van der Waals surface area contributed by atoms with Crippen molar-refractivity contribution in [1.29, 1.82) is 0 Å². The molecule has 0 aromatic heterocycles. The standard InChI is InChI=1S/C16H23ClN2O2/c1-16(2,3)21-15(20)19-12-4-5-13(14(17)10-12)11-6-8-18-9-7-11/h4-5,10-11,18H,6-9H2,1-3H3,(H,19,20). The van der Waals surface area contributed by atoms with Gasteiger partial charge in [0.05, 0.1) is 0 Å². The second-order valence-electron chi connectivity index (χ2n) is 6.39. The van der Waals surface area contributed by atoms with E-state index >= 15 is 0 Å². The maximum Gasteiger partial charge on any atom is 0.412 e. The van der Waals surface area contributed by atoms with E-state index in [9.17, 15) is 4.79 Å². The van der Waals surface area contributed by atoms with Gasteiger partial charge < -0.3 is 10.1 Å². The first-order valence-electron chi connectivity index (χ1n) is 7.35. The summed E-state index contributed by atoms with van der Waals surface area (Å²) in [5.41, 5.74) is 1.31. The second kappa shape index (κ2) is 6.67. The number of anilines is 1. The fourth-order valence-corrected chi connectivity index (χ4v) is 2.83. The molecule has 116 valence electrons. The van der Waals surface area contributed by atoms with Gasteiger partial charge in [-0.15, -0.1) is 0 Å². The van der Waals surface area contributed by atoms with Gasteiger partial charge in [-0.05, 0) is 70.3 Å². The van der Waals surface area contributed by atoms with Crippen LogP contribution in [0.1, 0.15) is 45.1 Å². The van der Waals surface area contributed by atoms with E-state index in [0.717, 1.165) is 31.5 Å². The van der Waals surface area contributed by atoms with Gasteiger partial charge in [0.1, 0.15) is 5.60 Å². The molecule has 1 aromatic rings. The third-order valence-corrected chi connectivity index (χ3v) is 3.75. The smallest absolute Gasteiger partial charge is 0.412 e. The molecule has 0 unspecified atom stereocenters. The average molecular weight is 311 g/mol. The van der Waals surface area contributed by atoms with E-state index < -0.39 is 11.7 Å². The molecule has 1 heterocycles. The number of carbonyl (C=O) groups excluding carboxylic acids is 1. The fraction of sp³-hybridized carbons (Fsp3) is 0.562. The lowest BCUT2D eigenvalue weighted by Crippen LogP contribution is -2.27. The Morgan fingerprint density at radius 3 is 2.57 bits per heavy atom. The molecule has 1 amide bonds. The Kier molecular flexibility index (Phi) is 5.12. The summed E-state index contributed by atoms with van der Waals surface area (Å²) < 4.78 is 5.23. The molecule has 0 saturated carbocycles. The Bertz CT molecular complexity index is 505. The van der Waals surface area contributed by atoms with Gasteiger partial charge in [0, 0.05) is 10.7 Å². The van der Waals surface area contributed by atoms with Crippen LogP contribution in [0.15, 0.2) is 18.2 Å². The van der Waals surface area contributed by atoms with Gasteiger partial charge in [0.15, 0.2) is 0 Å². The number of halogens is 1. The van der Waals surface area contributed by atoms with E-state index in [1.54, 1.807) is 6.07 Å². The van der Waals surface area contributed by atoms with Crippen molar-refractivity contribution in [3.05, 3.63) is 28.8 Å². The van der Waals surface area contributed by atoms with Crippen LogP contribution in [-0.4, -0.2) is 24.8 Å². The van der Waals surface area contributed by atoms with Crippen LogP contribution < -0.4 is 10.6 Å². The van der Waals surface area contributed by atoms with Crippen molar-refractivity contribution < 1.29 is 9.53 Å². The molecule has 1 aromatic carbocycles. The zero-order valence-corrected chi connectivity index (χ0v) is 13.6. The maximum absolute atomic E-state index is 11.7. The highest BCUT2D eigenvalue weighted by Gasteiger charge is 2.19. The minimum Gasteiger partial charge on any atom is -0.444 e. The Morgan fingerprint density at radius 1 is 1.33 bits per heavy atom. The lowest BCUT2D eigenvalue weighted by molar-refractivity contribution is 0.0636. The highest BCUT2D eigenvalue weighted by molar-refractivity contribution is 6.31. The number of rotatable bonds is 2. The Balaban J connectivity index is 2.03. The van der Waals surface area contributed by atoms with E-state index in [1.807, 2.05) is 32.9 Å². The molecule has 1 aliphatic rings. The van der Waals surface area contributed by atoms with E-state index in [4.69, 9.17) is 16.3 Å². The molecule has 0 aliphatic carbocycles. The molecule has 1 fully saturated rings.